The Morgan fingerprint density at radius 1 is 1.24 bits per heavy atom. The number of hydrogen-bond acceptors (Lipinski definition) is 8. The Kier molecular flexibility index (Phi) is 9.51. The molecule has 1 saturated heterocycles. The number of rotatable bonds is 10. The van der Waals surface area contributed by atoms with E-state index in [2.05, 4.69) is 28.7 Å². The summed E-state index contributed by atoms with van der Waals surface area (Å²) in [4.78, 5) is 37.3. The monoisotopic (exact) mass is 586 g/mol. The van der Waals surface area contributed by atoms with E-state index in [4.69, 9.17) is 14.2 Å². The van der Waals surface area contributed by atoms with Crippen molar-refractivity contribution in [3.05, 3.63) is 55.3 Å². The van der Waals surface area contributed by atoms with E-state index in [9.17, 15) is 14.4 Å². The number of hydrogen-bond donors (Lipinski definition) is 0. The van der Waals surface area contributed by atoms with E-state index in [1.165, 1.54) is 25.4 Å². The molecule has 1 aromatic carbocycles. The van der Waals surface area contributed by atoms with Crippen LogP contribution in [0.15, 0.2) is 36.4 Å². The van der Waals surface area contributed by atoms with E-state index >= 15 is 0 Å². The topological polar surface area (TPSA) is 85.4 Å². The number of hydrazine groups is 1. The first kappa shape index (κ1) is 25.4. The molecule has 2 aromatic rings. The summed E-state index contributed by atoms with van der Waals surface area (Å²) in [5.41, 5.74) is 1.10. The molecule has 0 bridgehead atoms. The molecule has 1 amide bonds. The van der Waals surface area contributed by atoms with Gasteiger partial charge in [0.05, 0.1) is 13.7 Å². The van der Waals surface area contributed by atoms with E-state index < -0.39 is 6.09 Å². The van der Waals surface area contributed by atoms with E-state index in [1.54, 1.807) is 11.1 Å². The SMILES string of the molecule is COC(=O)c1ccc(CCN2C(=O)OCCN2CCC(Cc2cccc(I)c2)OC(C)=O)s1. The van der Waals surface area contributed by atoms with Crippen molar-refractivity contribution >= 4 is 52.0 Å². The van der Waals surface area contributed by atoms with Crippen molar-refractivity contribution in [1.29, 1.82) is 0 Å². The fraction of sp³-hybridized carbons (Fsp3) is 0.435. The maximum Gasteiger partial charge on any atom is 0.424 e. The first-order valence-corrected chi connectivity index (χ1v) is 12.5. The number of carbonyl (C=O) groups excluding carboxylic acids is 3. The van der Waals surface area contributed by atoms with E-state index in [-0.39, 0.29) is 18.0 Å². The molecule has 0 aliphatic carbocycles. The Morgan fingerprint density at radius 3 is 2.79 bits per heavy atom. The van der Waals surface area contributed by atoms with Crippen molar-refractivity contribution in [2.45, 2.75) is 32.3 Å². The summed E-state index contributed by atoms with van der Waals surface area (Å²) >= 11 is 3.62. The molecule has 0 radical (unpaired) electrons. The van der Waals surface area contributed by atoms with Crippen molar-refractivity contribution in [3.8, 4) is 0 Å². The van der Waals surface area contributed by atoms with Crippen LogP contribution < -0.4 is 0 Å². The molecule has 1 aliphatic heterocycles. The number of ether oxygens (including phenoxy) is 3. The molecule has 0 spiro atoms. The predicted octanol–water partition coefficient (Wildman–Crippen LogP) is 3.92. The zero-order chi connectivity index (χ0) is 23.8. The minimum atomic E-state index is -0.396. The van der Waals surface area contributed by atoms with E-state index in [0.717, 1.165) is 14.0 Å². The van der Waals surface area contributed by atoms with Crippen LogP contribution in [0.2, 0.25) is 0 Å². The molecule has 1 atom stereocenters. The molecule has 8 nitrogen and oxygen atoms in total. The number of halogens is 1. The average Bonchev–Trinajstić information content (AvgIpc) is 3.25. The summed E-state index contributed by atoms with van der Waals surface area (Å²) in [5.74, 6) is -0.686. The molecule has 10 heteroatoms. The summed E-state index contributed by atoms with van der Waals surface area (Å²) in [7, 11) is 1.35. The molecule has 3 rings (SSSR count). The number of amides is 1. The van der Waals surface area contributed by atoms with Gasteiger partial charge in [-0.05, 0) is 58.8 Å². The maximum absolute atomic E-state index is 12.4. The Morgan fingerprint density at radius 2 is 2.06 bits per heavy atom. The lowest BCUT2D eigenvalue weighted by Crippen LogP contribution is -2.54. The third kappa shape index (κ3) is 7.68. The second-order valence-electron chi connectivity index (χ2n) is 7.55. The fourth-order valence-electron chi connectivity index (χ4n) is 3.61. The molecular weight excluding hydrogens is 559 g/mol. The maximum atomic E-state index is 12.4. The second-order valence-corrected chi connectivity index (χ2v) is 9.97. The van der Waals surface area contributed by atoms with Gasteiger partial charge in [0.2, 0.25) is 0 Å². The summed E-state index contributed by atoms with van der Waals surface area (Å²) in [5, 5.41) is 3.54. The van der Waals surface area contributed by atoms with Crippen molar-refractivity contribution < 1.29 is 28.6 Å². The Balaban J connectivity index is 1.61. The van der Waals surface area contributed by atoms with Gasteiger partial charge in [0.25, 0.3) is 0 Å². The minimum Gasteiger partial charge on any atom is -0.465 e. The zero-order valence-electron chi connectivity index (χ0n) is 18.6. The largest absolute Gasteiger partial charge is 0.465 e. The van der Waals surface area contributed by atoms with Gasteiger partial charge in [0.1, 0.15) is 17.6 Å². The molecule has 0 saturated carbocycles. The van der Waals surface area contributed by atoms with Crippen LogP contribution in [-0.4, -0.2) is 67.5 Å². The van der Waals surface area contributed by atoms with Crippen LogP contribution in [0.4, 0.5) is 4.79 Å². The molecular formula is C23H27IN2O6S. The second kappa shape index (κ2) is 12.3. The van der Waals surface area contributed by atoms with Crippen LogP contribution in [0.5, 0.6) is 0 Å². The lowest BCUT2D eigenvalue weighted by Gasteiger charge is -2.38. The third-order valence-electron chi connectivity index (χ3n) is 5.14. The first-order chi connectivity index (χ1) is 15.9. The van der Waals surface area contributed by atoms with Gasteiger partial charge in [0.15, 0.2) is 0 Å². The van der Waals surface area contributed by atoms with Crippen LogP contribution in [0, 0.1) is 3.57 Å². The summed E-state index contributed by atoms with van der Waals surface area (Å²) in [6.45, 7) is 3.27. The Labute approximate surface area is 210 Å². The number of thiophene rings is 1. The minimum absolute atomic E-state index is 0.291. The molecule has 1 unspecified atom stereocenters. The van der Waals surface area contributed by atoms with Gasteiger partial charge in [-0.15, -0.1) is 11.3 Å². The van der Waals surface area contributed by atoms with E-state index in [0.29, 0.717) is 50.4 Å². The zero-order valence-corrected chi connectivity index (χ0v) is 21.6. The molecule has 33 heavy (non-hydrogen) atoms. The van der Waals surface area contributed by atoms with Gasteiger partial charge in [0, 0.05) is 41.3 Å². The van der Waals surface area contributed by atoms with Gasteiger partial charge < -0.3 is 14.2 Å². The third-order valence-corrected chi connectivity index (χ3v) is 6.94. The highest BCUT2D eigenvalue weighted by Crippen LogP contribution is 2.20. The van der Waals surface area contributed by atoms with Gasteiger partial charge in [-0.3, -0.25) is 4.79 Å². The smallest absolute Gasteiger partial charge is 0.424 e. The van der Waals surface area contributed by atoms with Gasteiger partial charge in [-0.2, -0.15) is 0 Å². The Hall–Kier alpha value is -2.18. The van der Waals surface area contributed by atoms with Crippen LogP contribution >= 0.6 is 33.9 Å². The highest BCUT2D eigenvalue weighted by molar-refractivity contribution is 14.1. The van der Waals surface area contributed by atoms with Gasteiger partial charge in [-0.1, -0.05) is 12.1 Å². The van der Waals surface area contributed by atoms with Crippen molar-refractivity contribution in [2.24, 2.45) is 0 Å². The van der Waals surface area contributed by atoms with Gasteiger partial charge >= 0.3 is 18.0 Å². The van der Waals surface area contributed by atoms with Crippen LogP contribution in [0.1, 0.15) is 33.5 Å². The standard InChI is InChI=1S/C23H27IN2O6S/c1-16(27)32-19(15-17-4-3-5-18(24)14-17)8-10-25-12-13-31-23(29)26(25)11-9-20-6-7-21(33-20)22(28)30-2/h3-7,14,19H,8-13,15H2,1-2H3. The number of carbonyl (C=O) groups is 3. The highest BCUT2D eigenvalue weighted by atomic mass is 127. The molecule has 0 N–H and O–H groups in total. The lowest BCUT2D eigenvalue weighted by atomic mass is 10.1. The van der Waals surface area contributed by atoms with Crippen molar-refractivity contribution in [3.63, 3.8) is 0 Å². The average molecular weight is 586 g/mol. The molecule has 1 aromatic heterocycles. The molecule has 178 valence electrons. The molecule has 1 aliphatic rings. The number of benzene rings is 1. The lowest BCUT2D eigenvalue weighted by molar-refractivity contribution is -0.147. The fourth-order valence-corrected chi connectivity index (χ4v) is 5.13. The van der Waals surface area contributed by atoms with Crippen molar-refractivity contribution in [2.75, 3.05) is 33.4 Å². The van der Waals surface area contributed by atoms with Gasteiger partial charge in [-0.25, -0.2) is 19.6 Å². The summed E-state index contributed by atoms with van der Waals surface area (Å²) in [6, 6.07) is 11.7. The first-order valence-electron chi connectivity index (χ1n) is 10.6. The van der Waals surface area contributed by atoms with Crippen LogP contribution in [0.25, 0.3) is 0 Å². The Bertz CT molecular complexity index is 981. The number of esters is 2. The molecule has 1 fully saturated rings. The predicted molar refractivity (Wildman–Crippen MR) is 132 cm³/mol. The van der Waals surface area contributed by atoms with E-state index in [1.807, 2.05) is 29.3 Å². The number of nitrogens with zero attached hydrogens (tertiary/aromatic N) is 2. The van der Waals surface area contributed by atoms with Crippen LogP contribution in [-0.2, 0) is 31.8 Å². The molecule has 2 heterocycles. The highest BCUT2D eigenvalue weighted by Gasteiger charge is 2.28. The van der Waals surface area contributed by atoms with Crippen molar-refractivity contribution in [1.82, 2.24) is 10.0 Å². The number of cyclic esters (lactones) is 1. The quantitative estimate of drug-likeness (QED) is 0.237. The number of methoxy groups -OCH3 is 1. The van der Waals surface area contributed by atoms with Crippen LogP contribution in [0.3, 0.4) is 0 Å². The normalized spacial score (nSPS) is 15.1. The summed E-state index contributed by atoms with van der Waals surface area (Å²) in [6.07, 6.45) is 1.09. The summed E-state index contributed by atoms with van der Waals surface area (Å²) < 4.78 is 16.7.